The van der Waals surface area contributed by atoms with E-state index in [9.17, 15) is 18.0 Å². The van der Waals surface area contributed by atoms with Gasteiger partial charge in [0, 0.05) is 19.0 Å². The maximum absolute atomic E-state index is 12.2. The lowest BCUT2D eigenvalue weighted by molar-refractivity contribution is -0.121. The normalized spacial score (nSPS) is 25.7. The molecule has 2 atom stereocenters. The molecule has 1 aromatic heterocycles. The van der Waals surface area contributed by atoms with Crippen LogP contribution >= 0.6 is 11.3 Å². The van der Waals surface area contributed by atoms with Gasteiger partial charge in [0.05, 0.1) is 22.4 Å². The second-order valence-corrected chi connectivity index (χ2v) is 10.00. The molecule has 2 unspecified atom stereocenters. The van der Waals surface area contributed by atoms with Gasteiger partial charge in [-0.1, -0.05) is 12.5 Å². The minimum atomic E-state index is -3.13. The summed E-state index contributed by atoms with van der Waals surface area (Å²) in [5.74, 6) is -0.294. The third kappa shape index (κ3) is 5.05. The van der Waals surface area contributed by atoms with Crippen LogP contribution in [0.4, 0.5) is 0 Å². The highest BCUT2D eigenvalue weighted by atomic mass is 32.2. The highest BCUT2D eigenvalue weighted by Crippen LogP contribution is 2.22. The summed E-state index contributed by atoms with van der Waals surface area (Å²) in [5, 5.41) is 7.42. The van der Waals surface area contributed by atoms with E-state index in [-0.39, 0.29) is 48.4 Å². The molecule has 2 N–H and O–H groups in total. The van der Waals surface area contributed by atoms with Gasteiger partial charge in [-0.2, -0.15) is 0 Å². The number of hydrogen-bond donors (Lipinski definition) is 2. The van der Waals surface area contributed by atoms with Crippen molar-refractivity contribution in [2.75, 3.05) is 31.1 Å². The summed E-state index contributed by atoms with van der Waals surface area (Å²) < 4.78 is 24.2. The Morgan fingerprint density at radius 3 is 2.65 bits per heavy atom. The zero-order valence-electron chi connectivity index (χ0n) is 14.6. The number of piperidine rings is 1. The molecule has 0 spiro atoms. The van der Waals surface area contributed by atoms with E-state index in [1.165, 1.54) is 17.8 Å². The number of amides is 2. The second kappa shape index (κ2) is 8.49. The van der Waals surface area contributed by atoms with Gasteiger partial charge in [0.1, 0.15) is 0 Å². The molecule has 2 aliphatic rings. The second-order valence-electron chi connectivity index (χ2n) is 6.90. The summed E-state index contributed by atoms with van der Waals surface area (Å²) in [7, 11) is -3.13. The lowest BCUT2D eigenvalue weighted by Gasteiger charge is -2.35. The summed E-state index contributed by atoms with van der Waals surface area (Å²) in [6.45, 7) is 2.02. The fourth-order valence-corrected chi connectivity index (χ4v) is 6.23. The largest absolute Gasteiger partial charge is 0.351 e. The summed E-state index contributed by atoms with van der Waals surface area (Å²) in [6.07, 6.45) is 3.47. The number of hydrogen-bond acceptors (Lipinski definition) is 6. The average Bonchev–Trinajstić information content (AvgIpc) is 3.23. The molecule has 0 radical (unpaired) electrons. The van der Waals surface area contributed by atoms with E-state index < -0.39 is 9.84 Å². The molecule has 2 aliphatic heterocycles. The number of nitrogens with zero attached hydrogens (tertiary/aromatic N) is 1. The predicted octanol–water partition coefficient (Wildman–Crippen LogP) is 0.636. The molecule has 3 heterocycles. The lowest BCUT2D eigenvalue weighted by atomic mass is 10.0. The van der Waals surface area contributed by atoms with Gasteiger partial charge in [-0.3, -0.25) is 14.5 Å². The fraction of sp³-hybridized carbons (Fsp3) is 0.647. The van der Waals surface area contributed by atoms with Crippen molar-refractivity contribution >= 4 is 33.0 Å². The van der Waals surface area contributed by atoms with Gasteiger partial charge in [0.25, 0.3) is 5.91 Å². The first kappa shape index (κ1) is 19.3. The van der Waals surface area contributed by atoms with Crippen molar-refractivity contribution in [3.8, 4) is 0 Å². The van der Waals surface area contributed by atoms with E-state index in [0.29, 0.717) is 4.88 Å². The van der Waals surface area contributed by atoms with Crippen LogP contribution in [0.15, 0.2) is 17.5 Å². The number of nitrogens with one attached hydrogen (secondary N) is 2. The first-order chi connectivity index (χ1) is 12.4. The monoisotopic (exact) mass is 399 g/mol. The van der Waals surface area contributed by atoms with Crippen molar-refractivity contribution in [1.29, 1.82) is 0 Å². The van der Waals surface area contributed by atoms with Crippen molar-refractivity contribution in [3.05, 3.63) is 22.4 Å². The molecule has 1 aromatic rings. The van der Waals surface area contributed by atoms with Crippen molar-refractivity contribution in [2.24, 2.45) is 0 Å². The van der Waals surface area contributed by atoms with Crippen LogP contribution in [0.1, 0.15) is 35.4 Å². The Morgan fingerprint density at radius 2 is 1.96 bits per heavy atom. The minimum Gasteiger partial charge on any atom is -0.351 e. The highest BCUT2D eigenvalue weighted by Gasteiger charge is 2.41. The van der Waals surface area contributed by atoms with E-state index >= 15 is 0 Å². The van der Waals surface area contributed by atoms with E-state index in [1.807, 2.05) is 5.38 Å². The highest BCUT2D eigenvalue weighted by molar-refractivity contribution is 7.91. The summed E-state index contributed by atoms with van der Waals surface area (Å²) >= 11 is 1.35. The van der Waals surface area contributed by atoms with Gasteiger partial charge in [-0.05, 0) is 37.4 Å². The smallest absolute Gasteiger partial charge is 0.261 e. The summed E-state index contributed by atoms with van der Waals surface area (Å²) in [6, 6.07) is 3.03. The van der Waals surface area contributed by atoms with Crippen LogP contribution in [-0.2, 0) is 14.6 Å². The minimum absolute atomic E-state index is 0.00145. The predicted molar refractivity (Wildman–Crippen MR) is 101 cm³/mol. The zero-order chi connectivity index (χ0) is 18.6. The van der Waals surface area contributed by atoms with Gasteiger partial charge >= 0.3 is 0 Å². The van der Waals surface area contributed by atoms with Gasteiger partial charge in [-0.15, -0.1) is 11.3 Å². The molecule has 144 valence electrons. The SMILES string of the molecule is O=C(CCNC(=O)c1cccs1)NC1CS(=O)(=O)CC1N1CCCCC1. The Morgan fingerprint density at radius 1 is 1.19 bits per heavy atom. The van der Waals surface area contributed by atoms with Gasteiger partial charge in [-0.25, -0.2) is 8.42 Å². The molecule has 0 aliphatic carbocycles. The van der Waals surface area contributed by atoms with Crippen LogP contribution in [0.5, 0.6) is 0 Å². The molecule has 0 aromatic carbocycles. The molecule has 9 heteroatoms. The van der Waals surface area contributed by atoms with Crippen molar-refractivity contribution in [2.45, 2.75) is 37.8 Å². The Hall–Kier alpha value is -1.45. The van der Waals surface area contributed by atoms with E-state index in [1.54, 1.807) is 12.1 Å². The van der Waals surface area contributed by atoms with Gasteiger partial charge in [0.15, 0.2) is 9.84 Å². The maximum atomic E-state index is 12.2. The number of sulfone groups is 1. The molecule has 2 saturated heterocycles. The third-order valence-electron chi connectivity index (χ3n) is 4.91. The van der Waals surface area contributed by atoms with E-state index in [4.69, 9.17) is 0 Å². The van der Waals surface area contributed by atoms with Crippen LogP contribution in [0.2, 0.25) is 0 Å². The van der Waals surface area contributed by atoms with Crippen molar-refractivity contribution in [1.82, 2.24) is 15.5 Å². The topological polar surface area (TPSA) is 95.6 Å². The lowest BCUT2D eigenvalue weighted by Crippen LogP contribution is -2.52. The Bertz CT molecular complexity index is 727. The number of thiophene rings is 1. The van der Waals surface area contributed by atoms with Crippen molar-refractivity contribution < 1.29 is 18.0 Å². The van der Waals surface area contributed by atoms with E-state index in [0.717, 1.165) is 25.9 Å². The number of carbonyl (C=O) groups excluding carboxylic acids is 2. The van der Waals surface area contributed by atoms with Crippen LogP contribution in [0.3, 0.4) is 0 Å². The molecule has 3 rings (SSSR count). The molecular weight excluding hydrogens is 374 g/mol. The van der Waals surface area contributed by atoms with Crippen LogP contribution < -0.4 is 10.6 Å². The Labute approximate surface area is 158 Å². The van der Waals surface area contributed by atoms with Gasteiger partial charge in [0.2, 0.25) is 5.91 Å². The molecule has 0 saturated carbocycles. The Balaban J connectivity index is 1.49. The molecular formula is C17H25N3O4S2. The number of rotatable bonds is 6. The molecule has 2 fully saturated rings. The number of likely N-dealkylation sites (tertiary alicyclic amines) is 1. The van der Waals surface area contributed by atoms with Crippen LogP contribution in [0.25, 0.3) is 0 Å². The standard InChI is InChI=1S/C17H25N3O4S2/c21-16(6-7-18-17(22)15-5-4-10-25-15)19-13-11-26(23,24)12-14(13)20-8-2-1-3-9-20/h4-5,10,13-14H,1-3,6-9,11-12H2,(H,18,22)(H,19,21). The van der Waals surface area contributed by atoms with Crippen LogP contribution in [0, 0.1) is 0 Å². The van der Waals surface area contributed by atoms with Crippen molar-refractivity contribution in [3.63, 3.8) is 0 Å². The van der Waals surface area contributed by atoms with E-state index in [2.05, 4.69) is 15.5 Å². The molecule has 26 heavy (non-hydrogen) atoms. The first-order valence-corrected chi connectivity index (χ1v) is 11.7. The third-order valence-corrected chi connectivity index (χ3v) is 7.50. The molecule has 2 amide bonds. The first-order valence-electron chi connectivity index (χ1n) is 9.00. The summed E-state index contributed by atoms with van der Waals surface area (Å²) in [5.41, 5.74) is 0. The molecule has 7 nitrogen and oxygen atoms in total. The summed E-state index contributed by atoms with van der Waals surface area (Å²) in [4.78, 5) is 26.9. The Kier molecular flexibility index (Phi) is 6.31. The fourth-order valence-electron chi connectivity index (χ4n) is 3.64. The quantitative estimate of drug-likeness (QED) is 0.732. The number of carbonyl (C=O) groups is 2. The van der Waals surface area contributed by atoms with Crippen LogP contribution in [-0.4, -0.2) is 68.4 Å². The molecule has 0 bridgehead atoms. The van der Waals surface area contributed by atoms with Gasteiger partial charge < -0.3 is 10.6 Å². The zero-order valence-corrected chi connectivity index (χ0v) is 16.3. The average molecular weight is 400 g/mol. The maximum Gasteiger partial charge on any atom is 0.261 e.